The maximum Gasteiger partial charge on any atom is 0.244 e. The summed E-state index contributed by atoms with van der Waals surface area (Å²) < 4.78 is 13.3. The normalized spacial score (nSPS) is 16.0. The summed E-state index contributed by atoms with van der Waals surface area (Å²) in [5.74, 6) is 1.66. The number of rotatable bonds is 5. The number of aryl methyl sites for hydroxylation is 1. The molecule has 0 saturated heterocycles. The average molecular weight is 376 g/mol. The molecule has 1 aliphatic heterocycles. The van der Waals surface area contributed by atoms with Gasteiger partial charge >= 0.3 is 0 Å². The molecular weight excluding hydrogens is 352 g/mol. The van der Waals surface area contributed by atoms with E-state index in [1.165, 1.54) is 0 Å². The van der Waals surface area contributed by atoms with Gasteiger partial charge in [-0.3, -0.25) is 4.79 Å². The van der Waals surface area contributed by atoms with Gasteiger partial charge in [0.25, 0.3) is 0 Å². The van der Waals surface area contributed by atoms with Crippen molar-refractivity contribution in [3.05, 3.63) is 83.1 Å². The van der Waals surface area contributed by atoms with Crippen LogP contribution >= 0.6 is 0 Å². The molecule has 0 spiro atoms. The first-order valence-electron chi connectivity index (χ1n) is 9.51. The summed E-state index contributed by atoms with van der Waals surface area (Å²) in [7, 11) is 0. The number of carbonyl (C=O) groups is 1. The number of benzene rings is 1. The summed E-state index contributed by atoms with van der Waals surface area (Å²) in [6.07, 6.45) is 5.94. The fourth-order valence-electron chi connectivity index (χ4n) is 3.68. The molecule has 4 rings (SSSR count). The van der Waals surface area contributed by atoms with Crippen molar-refractivity contribution in [3.8, 4) is 5.75 Å². The molecule has 1 aliphatic rings. The van der Waals surface area contributed by atoms with Crippen LogP contribution in [-0.4, -0.2) is 17.1 Å². The third-order valence-corrected chi connectivity index (χ3v) is 5.20. The molecular formula is C23H24N2O3. The number of carbonyl (C=O) groups excluding carboxylic acids is 1. The Bertz CT molecular complexity index is 999. The molecule has 1 amide bonds. The molecule has 2 aromatic heterocycles. The van der Waals surface area contributed by atoms with Crippen LogP contribution in [0.1, 0.15) is 40.7 Å². The van der Waals surface area contributed by atoms with Gasteiger partial charge in [0.05, 0.1) is 25.5 Å². The molecule has 0 unspecified atom stereocenters. The second kappa shape index (κ2) is 7.80. The molecule has 0 fully saturated rings. The van der Waals surface area contributed by atoms with Crippen LogP contribution in [0.2, 0.25) is 0 Å². The van der Waals surface area contributed by atoms with Crippen LogP contribution in [0, 0.1) is 13.8 Å². The fraction of sp³-hybridized carbons (Fsp3) is 0.261. The predicted molar refractivity (Wildman–Crippen MR) is 108 cm³/mol. The van der Waals surface area contributed by atoms with Gasteiger partial charge in [0.15, 0.2) is 0 Å². The number of hydrogen-bond donors (Lipinski definition) is 1. The minimum atomic E-state index is -0.0995. The molecule has 5 nitrogen and oxygen atoms in total. The molecule has 0 aliphatic carbocycles. The van der Waals surface area contributed by atoms with Crippen molar-refractivity contribution in [1.29, 1.82) is 0 Å². The van der Waals surface area contributed by atoms with Gasteiger partial charge in [-0.15, -0.1) is 0 Å². The summed E-state index contributed by atoms with van der Waals surface area (Å²) in [4.78, 5) is 12.5. The largest absolute Gasteiger partial charge is 0.493 e. The van der Waals surface area contributed by atoms with Crippen LogP contribution in [0.25, 0.3) is 6.08 Å². The zero-order valence-corrected chi connectivity index (χ0v) is 16.1. The number of fused-ring (bicyclic) bond motifs is 1. The Kier molecular flexibility index (Phi) is 5.06. The van der Waals surface area contributed by atoms with Crippen molar-refractivity contribution in [2.75, 3.05) is 6.61 Å². The van der Waals surface area contributed by atoms with Gasteiger partial charge in [-0.25, -0.2) is 0 Å². The van der Waals surface area contributed by atoms with Gasteiger partial charge in [-0.1, -0.05) is 18.2 Å². The zero-order valence-electron chi connectivity index (χ0n) is 16.1. The molecule has 28 heavy (non-hydrogen) atoms. The van der Waals surface area contributed by atoms with E-state index in [2.05, 4.69) is 29.8 Å². The lowest BCUT2D eigenvalue weighted by molar-refractivity contribution is -0.117. The lowest BCUT2D eigenvalue weighted by atomic mass is 10.0. The topological polar surface area (TPSA) is 56.4 Å². The van der Waals surface area contributed by atoms with Gasteiger partial charge in [-0.2, -0.15) is 0 Å². The summed E-state index contributed by atoms with van der Waals surface area (Å²) in [6, 6.07) is 13.8. The monoisotopic (exact) mass is 376 g/mol. The Labute approximate surface area is 164 Å². The third kappa shape index (κ3) is 3.74. The van der Waals surface area contributed by atoms with Gasteiger partial charge in [0.1, 0.15) is 11.5 Å². The summed E-state index contributed by atoms with van der Waals surface area (Å²) in [5, 5.41) is 3.10. The van der Waals surface area contributed by atoms with E-state index >= 15 is 0 Å². The minimum Gasteiger partial charge on any atom is -0.493 e. The van der Waals surface area contributed by atoms with Gasteiger partial charge in [-0.05, 0) is 49.8 Å². The highest BCUT2D eigenvalue weighted by Gasteiger charge is 2.21. The highest BCUT2D eigenvalue weighted by Crippen LogP contribution is 2.31. The highest BCUT2D eigenvalue weighted by atomic mass is 16.5. The minimum absolute atomic E-state index is 0.0199. The van der Waals surface area contributed by atoms with Crippen LogP contribution in [0.15, 0.2) is 59.2 Å². The van der Waals surface area contributed by atoms with Gasteiger partial charge in [0.2, 0.25) is 5.91 Å². The number of furan rings is 1. The van der Waals surface area contributed by atoms with Crippen molar-refractivity contribution in [2.24, 2.45) is 0 Å². The first-order valence-corrected chi connectivity index (χ1v) is 9.51. The third-order valence-electron chi connectivity index (χ3n) is 5.20. The predicted octanol–water partition coefficient (Wildman–Crippen LogP) is 4.40. The Morgan fingerprint density at radius 2 is 2.11 bits per heavy atom. The van der Waals surface area contributed by atoms with E-state index in [4.69, 9.17) is 9.15 Å². The van der Waals surface area contributed by atoms with Gasteiger partial charge in [0, 0.05) is 29.4 Å². The van der Waals surface area contributed by atoms with Crippen LogP contribution in [0.4, 0.5) is 0 Å². The maximum absolute atomic E-state index is 12.5. The smallest absolute Gasteiger partial charge is 0.244 e. The fourth-order valence-corrected chi connectivity index (χ4v) is 3.68. The molecule has 144 valence electrons. The Morgan fingerprint density at radius 1 is 1.25 bits per heavy atom. The number of nitrogens with one attached hydrogen (secondary N) is 1. The number of nitrogens with zero attached hydrogens (tertiary/aromatic N) is 1. The lowest BCUT2D eigenvalue weighted by Gasteiger charge is -2.26. The van der Waals surface area contributed by atoms with Crippen LogP contribution in [0.3, 0.4) is 0 Å². The molecule has 1 N–H and O–H groups in total. The van der Waals surface area contributed by atoms with E-state index in [1.807, 2.05) is 42.5 Å². The lowest BCUT2D eigenvalue weighted by Crippen LogP contribution is -2.30. The van der Waals surface area contributed by atoms with Crippen LogP contribution < -0.4 is 10.1 Å². The molecule has 0 bridgehead atoms. The quantitative estimate of drug-likeness (QED) is 0.672. The van der Waals surface area contributed by atoms with Crippen molar-refractivity contribution in [1.82, 2.24) is 9.88 Å². The second-order valence-electron chi connectivity index (χ2n) is 7.06. The van der Waals surface area contributed by atoms with E-state index in [-0.39, 0.29) is 11.9 Å². The first-order chi connectivity index (χ1) is 13.6. The van der Waals surface area contributed by atoms with E-state index < -0.39 is 0 Å². The summed E-state index contributed by atoms with van der Waals surface area (Å²) >= 11 is 0. The Balaban J connectivity index is 1.45. The molecule has 0 saturated carbocycles. The van der Waals surface area contributed by atoms with Crippen molar-refractivity contribution in [3.63, 3.8) is 0 Å². The number of aromatic nitrogens is 1. The van der Waals surface area contributed by atoms with Crippen molar-refractivity contribution < 1.29 is 13.9 Å². The molecule has 1 atom stereocenters. The molecule has 3 heterocycles. The SMILES string of the molecule is Cc1cc(/C=C/C(=O)N[C@@H]2CCOc3ccccc32)c(C)n1Cc1ccco1. The van der Waals surface area contributed by atoms with E-state index in [0.29, 0.717) is 13.2 Å². The standard InChI is InChI=1S/C23H24N2O3/c1-16-14-18(17(2)25(16)15-19-6-5-12-27-19)9-10-23(26)24-21-11-13-28-22-8-4-3-7-20(21)22/h3-10,12,14,21H,11,13,15H2,1-2H3,(H,24,26)/b10-9+/t21-/m1/s1. The van der Waals surface area contributed by atoms with E-state index in [1.54, 1.807) is 12.3 Å². The number of ether oxygens (including phenoxy) is 1. The average Bonchev–Trinajstić information content (AvgIpc) is 3.30. The number of para-hydroxylation sites is 1. The maximum atomic E-state index is 12.5. The molecule has 5 heteroatoms. The molecule has 1 aromatic carbocycles. The van der Waals surface area contributed by atoms with Gasteiger partial charge < -0.3 is 19.0 Å². The number of amides is 1. The van der Waals surface area contributed by atoms with E-state index in [9.17, 15) is 4.79 Å². The Morgan fingerprint density at radius 3 is 2.93 bits per heavy atom. The summed E-state index contributed by atoms with van der Waals surface area (Å²) in [6.45, 7) is 5.41. The molecule has 0 radical (unpaired) electrons. The van der Waals surface area contributed by atoms with Crippen molar-refractivity contribution >= 4 is 12.0 Å². The first kappa shape index (κ1) is 18.2. The zero-order chi connectivity index (χ0) is 19.5. The molecule has 3 aromatic rings. The van der Waals surface area contributed by atoms with Crippen LogP contribution in [-0.2, 0) is 11.3 Å². The highest BCUT2D eigenvalue weighted by molar-refractivity contribution is 5.92. The van der Waals surface area contributed by atoms with Crippen LogP contribution in [0.5, 0.6) is 5.75 Å². The number of hydrogen-bond acceptors (Lipinski definition) is 3. The second-order valence-corrected chi connectivity index (χ2v) is 7.06. The summed E-state index contributed by atoms with van der Waals surface area (Å²) in [5.41, 5.74) is 4.31. The van der Waals surface area contributed by atoms with E-state index in [0.717, 1.165) is 40.4 Å². The Hall–Kier alpha value is -3.21. The van der Waals surface area contributed by atoms with Crippen molar-refractivity contribution in [2.45, 2.75) is 32.9 Å².